The van der Waals surface area contributed by atoms with Crippen LogP contribution in [0.4, 0.5) is 0 Å². The van der Waals surface area contributed by atoms with Crippen LogP contribution in [0.3, 0.4) is 0 Å². The van der Waals surface area contributed by atoms with Crippen molar-refractivity contribution in [1.29, 1.82) is 0 Å². The van der Waals surface area contributed by atoms with Gasteiger partial charge < -0.3 is 4.90 Å². The normalized spacial score (nSPS) is 24.6. The molecule has 2 aliphatic rings. The van der Waals surface area contributed by atoms with Gasteiger partial charge in [-0.2, -0.15) is 0 Å². The number of carbonyl (C=O) groups is 1. The molecule has 2 nitrogen and oxygen atoms in total. The van der Waals surface area contributed by atoms with Gasteiger partial charge in [-0.1, -0.05) is 6.08 Å². The van der Waals surface area contributed by atoms with Gasteiger partial charge >= 0.3 is 0 Å². The predicted octanol–water partition coefficient (Wildman–Crippen LogP) is 1.29. The first kappa shape index (κ1) is 5.96. The summed E-state index contributed by atoms with van der Waals surface area (Å²) in [6.07, 6.45) is 6.28. The molecule has 54 valence electrons. The van der Waals surface area contributed by atoms with Crippen LogP contribution >= 0.6 is 0 Å². The fourth-order valence-electron chi connectivity index (χ4n) is 1.67. The first-order chi connectivity index (χ1) is 4.88. The molecule has 0 bridgehead atoms. The summed E-state index contributed by atoms with van der Waals surface area (Å²) in [4.78, 5) is 13.0. The summed E-state index contributed by atoms with van der Waals surface area (Å²) in [5.74, 6) is 0.301. The molecule has 0 spiro atoms. The zero-order valence-corrected chi connectivity index (χ0v) is 5.97. The number of amides is 1. The van der Waals surface area contributed by atoms with Gasteiger partial charge in [-0.25, -0.2) is 0 Å². The minimum Gasteiger partial charge on any atom is -0.316 e. The van der Waals surface area contributed by atoms with E-state index in [4.69, 9.17) is 0 Å². The molecule has 0 aliphatic carbocycles. The summed E-state index contributed by atoms with van der Waals surface area (Å²) in [7, 11) is 0. The molecule has 0 atom stereocenters. The number of nitrogens with zero attached hydrogens (tertiary/aromatic N) is 1. The lowest BCUT2D eigenvalue weighted by Gasteiger charge is -2.24. The lowest BCUT2D eigenvalue weighted by molar-refractivity contribution is -0.127. The summed E-state index contributed by atoms with van der Waals surface area (Å²) in [6.45, 7) is 0.963. The Kier molecular flexibility index (Phi) is 1.26. The van der Waals surface area contributed by atoms with E-state index in [-0.39, 0.29) is 0 Å². The third kappa shape index (κ3) is 0.753. The van der Waals surface area contributed by atoms with Gasteiger partial charge in [0.05, 0.1) is 0 Å². The van der Waals surface area contributed by atoms with Gasteiger partial charge in [-0.3, -0.25) is 4.79 Å². The van der Waals surface area contributed by atoms with Crippen LogP contribution in [-0.4, -0.2) is 17.4 Å². The average molecular weight is 137 g/mol. The molecular weight excluding hydrogens is 126 g/mol. The predicted molar refractivity (Wildman–Crippen MR) is 38.3 cm³/mol. The largest absolute Gasteiger partial charge is 0.316 e. The van der Waals surface area contributed by atoms with Crippen LogP contribution in [0.5, 0.6) is 0 Å². The van der Waals surface area contributed by atoms with Crippen LogP contribution in [0.15, 0.2) is 11.8 Å². The number of carbonyl (C=O) groups excluding carboxylic acids is 1. The highest BCUT2D eigenvalue weighted by Crippen LogP contribution is 2.25. The highest BCUT2D eigenvalue weighted by molar-refractivity contribution is 5.82. The number of hydrogen-bond donors (Lipinski definition) is 0. The molecule has 0 unspecified atom stereocenters. The van der Waals surface area contributed by atoms with Crippen molar-refractivity contribution in [3.63, 3.8) is 0 Å². The third-order valence-corrected chi connectivity index (χ3v) is 2.22. The van der Waals surface area contributed by atoms with E-state index in [0.29, 0.717) is 12.3 Å². The van der Waals surface area contributed by atoms with Crippen LogP contribution in [0, 0.1) is 0 Å². The van der Waals surface area contributed by atoms with E-state index in [1.807, 2.05) is 4.90 Å². The number of rotatable bonds is 0. The van der Waals surface area contributed by atoms with Crippen molar-refractivity contribution in [3.8, 4) is 0 Å². The molecule has 1 amide bonds. The van der Waals surface area contributed by atoms with E-state index in [0.717, 1.165) is 13.0 Å². The number of hydrogen-bond acceptors (Lipinski definition) is 1. The fourth-order valence-corrected chi connectivity index (χ4v) is 1.67. The van der Waals surface area contributed by atoms with Crippen molar-refractivity contribution in [3.05, 3.63) is 11.8 Å². The Hall–Kier alpha value is -0.790. The van der Waals surface area contributed by atoms with Gasteiger partial charge in [-0.15, -0.1) is 0 Å². The van der Waals surface area contributed by atoms with E-state index in [1.165, 1.54) is 18.5 Å². The first-order valence-electron chi connectivity index (χ1n) is 3.87. The van der Waals surface area contributed by atoms with Crippen molar-refractivity contribution in [2.75, 3.05) is 6.54 Å². The number of allylic oxidation sites excluding steroid dienone is 1. The molecular formula is C8H11NO. The third-order valence-electron chi connectivity index (χ3n) is 2.22. The fraction of sp³-hybridized carbons (Fsp3) is 0.625. The molecule has 10 heavy (non-hydrogen) atoms. The van der Waals surface area contributed by atoms with E-state index in [9.17, 15) is 4.79 Å². The first-order valence-corrected chi connectivity index (χ1v) is 3.87. The van der Waals surface area contributed by atoms with Gasteiger partial charge in [0.25, 0.3) is 0 Å². The van der Waals surface area contributed by atoms with E-state index >= 15 is 0 Å². The van der Waals surface area contributed by atoms with Crippen molar-refractivity contribution in [1.82, 2.24) is 4.90 Å². The maximum atomic E-state index is 11.1. The second-order valence-corrected chi connectivity index (χ2v) is 2.90. The standard InChI is InChI=1S/C8H11NO/c10-8-5-4-7-3-1-2-6-9(7)8/h4H,1-3,5-6H2. The quantitative estimate of drug-likeness (QED) is 0.492. The Balaban J connectivity index is 2.18. The van der Waals surface area contributed by atoms with Crippen molar-refractivity contribution in [2.24, 2.45) is 0 Å². The van der Waals surface area contributed by atoms with Crippen molar-refractivity contribution >= 4 is 5.91 Å². The number of fused-ring (bicyclic) bond motifs is 1. The maximum absolute atomic E-state index is 11.1. The Morgan fingerprint density at radius 1 is 1.40 bits per heavy atom. The SMILES string of the molecule is O=C1CC=C2CCCCN12. The van der Waals surface area contributed by atoms with Gasteiger partial charge in [-0.05, 0) is 19.3 Å². The summed E-state index contributed by atoms with van der Waals surface area (Å²) in [5, 5.41) is 0. The van der Waals surface area contributed by atoms with Crippen molar-refractivity contribution in [2.45, 2.75) is 25.7 Å². The molecule has 2 heteroatoms. The van der Waals surface area contributed by atoms with Gasteiger partial charge in [0, 0.05) is 18.7 Å². The minimum atomic E-state index is 0.301. The molecule has 0 N–H and O–H groups in total. The van der Waals surface area contributed by atoms with Crippen LogP contribution in [0.25, 0.3) is 0 Å². The second kappa shape index (κ2) is 2.11. The van der Waals surface area contributed by atoms with E-state index in [2.05, 4.69) is 6.08 Å². The molecule has 2 aliphatic heterocycles. The molecule has 0 aromatic carbocycles. The minimum absolute atomic E-state index is 0.301. The Morgan fingerprint density at radius 3 is 3.10 bits per heavy atom. The smallest absolute Gasteiger partial charge is 0.230 e. The second-order valence-electron chi connectivity index (χ2n) is 2.90. The van der Waals surface area contributed by atoms with Crippen LogP contribution in [0.2, 0.25) is 0 Å². The highest BCUT2D eigenvalue weighted by Gasteiger charge is 2.24. The molecule has 0 saturated carbocycles. The number of piperidine rings is 1. The highest BCUT2D eigenvalue weighted by atomic mass is 16.2. The Bertz CT molecular complexity index is 195. The summed E-state index contributed by atoms with van der Waals surface area (Å²) >= 11 is 0. The zero-order chi connectivity index (χ0) is 6.97. The van der Waals surface area contributed by atoms with Crippen molar-refractivity contribution < 1.29 is 4.79 Å². The monoisotopic (exact) mass is 137 g/mol. The Morgan fingerprint density at radius 2 is 2.30 bits per heavy atom. The zero-order valence-electron chi connectivity index (χ0n) is 5.97. The van der Waals surface area contributed by atoms with E-state index in [1.54, 1.807) is 0 Å². The van der Waals surface area contributed by atoms with Gasteiger partial charge in [0.2, 0.25) is 5.91 Å². The lowest BCUT2D eigenvalue weighted by atomic mass is 10.1. The van der Waals surface area contributed by atoms with Crippen LogP contribution in [0.1, 0.15) is 25.7 Å². The lowest BCUT2D eigenvalue weighted by Crippen LogP contribution is -2.29. The molecule has 2 rings (SSSR count). The summed E-state index contributed by atoms with van der Waals surface area (Å²) < 4.78 is 0. The molecule has 1 fully saturated rings. The molecule has 0 aromatic rings. The van der Waals surface area contributed by atoms with Crippen LogP contribution < -0.4 is 0 Å². The molecule has 2 heterocycles. The average Bonchev–Trinajstić information content (AvgIpc) is 2.34. The molecule has 1 saturated heterocycles. The van der Waals surface area contributed by atoms with Crippen LogP contribution in [-0.2, 0) is 4.79 Å². The summed E-state index contributed by atoms with van der Waals surface area (Å²) in [5.41, 5.74) is 1.27. The van der Waals surface area contributed by atoms with Gasteiger partial charge in [0.15, 0.2) is 0 Å². The molecule has 0 radical (unpaired) electrons. The summed E-state index contributed by atoms with van der Waals surface area (Å²) in [6, 6.07) is 0. The maximum Gasteiger partial charge on any atom is 0.230 e. The topological polar surface area (TPSA) is 20.3 Å². The Labute approximate surface area is 60.5 Å². The van der Waals surface area contributed by atoms with Gasteiger partial charge in [0.1, 0.15) is 0 Å². The molecule has 0 aromatic heterocycles. The van der Waals surface area contributed by atoms with E-state index < -0.39 is 0 Å².